The van der Waals surface area contributed by atoms with Crippen LogP contribution >= 0.6 is 0 Å². The fourth-order valence-electron chi connectivity index (χ4n) is 2.08. The molecule has 1 unspecified atom stereocenters. The highest BCUT2D eigenvalue weighted by atomic mass is 19.1. The Morgan fingerprint density at radius 1 is 1.52 bits per heavy atom. The number of urea groups is 1. The number of nitrogens with zero attached hydrogens (tertiary/aromatic N) is 1. The second-order valence-corrected chi connectivity index (χ2v) is 5.19. The molecule has 1 aromatic rings. The minimum Gasteiger partial charge on any atom is -0.486 e. The molecule has 0 heterocycles. The molecule has 2 N–H and O–H groups in total. The summed E-state index contributed by atoms with van der Waals surface area (Å²) in [6, 6.07) is 6.19. The third-order valence-corrected chi connectivity index (χ3v) is 3.29. The van der Waals surface area contributed by atoms with Crippen LogP contribution in [0.25, 0.3) is 0 Å². The number of ether oxygens (including phenoxy) is 1. The van der Waals surface area contributed by atoms with Gasteiger partial charge < -0.3 is 20.1 Å². The number of carbonyl (C=O) groups is 1. The predicted molar refractivity (Wildman–Crippen MR) is 76.7 cm³/mol. The zero-order valence-corrected chi connectivity index (χ0v) is 12.1. The van der Waals surface area contributed by atoms with Crippen LogP contribution in [0.5, 0.6) is 5.75 Å². The van der Waals surface area contributed by atoms with Crippen LogP contribution in [-0.2, 0) is 0 Å². The Morgan fingerprint density at radius 2 is 2.24 bits per heavy atom. The minimum absolute atomic E-state index is 0.0504. The number of para-hydroxylation sites is 1. The zero-order chi connectivity index (χ0) is 15.2. The van der Waals surface area contributed by atoms with Crippen molar-refractivity contribution in [3.05, 3.63) is 30.1 Å². The van der Waals surface area contributed by atoms with Gasteiger partial charge in [-0.1, -0.05) is 12.1 Å². The van der Waals surface area contributed by atoms with E-state index in [1.54, 1.807) is 30.0 Å². The van der Waals surface area contributed by atoms with Crippen LogP contribution in [-0.4, -0.2) is 47.9 Å². The highest BCUT2D eigenvalue weighted by Crippen LogP contribution is 2.26. The summed E-state index contributed by atoms with van der Waals surface area (Å²) in [6.07, 6.45) is 1.62. The van der Waals surface area contributed by atoms with Crippen molar-refractivity contribution in [2.24, 2.45) is 0 Å². The summed E-state index contributed by atoms with van der Waals surface area (Å²) in [5.41, 5.74) is 0. The molecule has 1 aromatic carbocycles. The maximum absolute atomic E-state index is 13.4. The first-order valence-corrected chi connectivity index (χ1v) is 7.18. The second-order valence-electron chi connectivity index (χ2n) is 5.19. The van der Waals surface area contributed by atoms with Gasteiger partial charge >= 0.3 is 6.03 Å². The molecule has 1 saturated carbocycles. The molecule has 21 heavy (non-hydrogen) atoms. The van der Waals surface area contributed by atoms with Gasteiger partial charge in [0.1, 0.15) is 6.10 Å². The van der Waals surface area contributed by atoms with Crippen molar-refractivity contribution >= 4 is 6.03 Å². The number of aliphatic hydroxyl groups is 1. The smallest absolute Gasteiger partial charge is 0.317 e. The molecule has 116 valence electrons. The van der Waals surface area contributed by atoms with Gasteiger partial charge in [0.2, 0.25) is 0 Å². The van der Waals surface area contributed by atoms with E-state index < -0.39 is 5.82 Å². The molecule has 0 radical (unpaired) electrons. The van der Waals surface area contributed by atoms with Crippen LogP contribution in [0, 0.1) is 5.82 Å². The zero-order valence-electron chi connectivity index (χ0n) is 12.1. The molecule has 0 spiro atoms. The number of benzene rings is 1. The number of amides is 2. The topological polar surface area (TPSA) is 61.8 Å². The fraction of sp³-hybridized carbons (Fsp3) is 0.533. The number of nitrogens with one attached hydrogen (secondary N) is 1. The Hall–Kier alpha value is -1.82. The molecule has 0 aliphatic heterocycles. The largest absolute Gasteiger partial charge is 0.486 e. The third-order valence-electron chi connectivity index (χ3n) is 3.29. The van der Waals surface area contributed by atoms with Gasteiger partial charge in [0.05, 0.1) is 13.2 Å². The van der Waals surface area contributed by atoms with Crippen LogP contribution < -0.4 is 10.1 Å². The quantitative estimate of drug-likeness (QED) is 0.806. The average molecular weight is 296 g/mol. The SMILES string of the molecule is CC(CNC(=O)N(CCO)C1CC1)Oc1ccccc1F. The van der Waals surface area contributed by atoms with Gasteiger partial charge in [-0.25, -0.2) is 9.18 Å². The van der Waals surface area contributed by atoms with Gasteiger partial charge in [0.15, 0.2) is 11.6 Å². The van der Waals surface area contributed by atoms with E-state index in [0.29, 0.717) is 6.54 Å². The lowest BCUT2D eigenvalue weighted by atomic mass is 10.3. The summed E-state index contributed by atoms with van der Waals surface area (Å²) < 4.78 is 18.9. The summed E-state index contributed by atoms with van der Waals surface area (Å²) in [7, 11) is 0. The monoisotopic (exact) mass is 296 g/mol. The molecule has 6 heteroatoms. The number of hydrogen-bond acceptors (Lipinski definition) is 3. The van der Waals surface area contributed by atoms with E-state index in [-0.39, 0.29) is 37.1 Å². The Bertz CT molecular complexity index is 480. The lowest BCUT2D eigenvalue weighted by Gasteiger charge is -2.23. The predicted octanol–water partition coefficient (Wildman–Crippen LogP) is 1.76. The fourth-order valence-corrected chi connectivity index (χ4v) is 2.08. The molecule has 0 bridgehead atoms. The third kappa shape index (κ3) is 4.60. The Labute approximate surface area is 123 Å². The summed E-state index contributed by atoms with van der Waals surface area (Å²) in [5, 5.41) is 11.7. The minimum atomic E-state index is -0.421. The molecule has 2 rings (SSSR count). The van der Waals surface area contributed by atoms with Gasteiger partial charge in [-0.05, 0) is 31.9 Å². The molecule has 0 saturated heterocycles. The van der Waals surface area contributed by atoms with Crippen molar-refractivity contribution in [2.45, 2.75) is 31.9 Å². The molecule has 0 aromatic heterocycles. The normalized spacial score (nSPS) is 15.4. The number of rotatable bonds is 7. The lowest BCUT2D eigenvalue weighted by Crippen LogP contribution is -2.45. The van der Waals surface area contributed by atoms with Crippen molar-refractivity contribution in [1.82, 2.24) is 10.2 Å². The van der Waals surface area contributed by atoms with E-state index in [2.05, 4.69) is 5.32 Å². The average Bonchev–Trinajstić information content (AvgIpc) is 3.29. The summed E-state index contributed by atoms with van der Waals surface area (Å²) >= 11 is 0. The molecule has 1 atom stereocenters. The first kappa shape index (κ1) is 15.6. The van der Waals surface area contributed by atoms with E-state index >= 15 is 0 Å². The van der Waals surface area contributed by atoms with Gasteiger partial charge in [0.25, 0.3) is 0 Å². The maximum Gasteiger partial charge on any atom is 0.317 e. The van der Waals surface area contributed by atoms with E-state index in [9.17, 15) is 9.18 Å². The van der Waals surface area contributed by atoms with Gasteiger partial charge in [-0.2, -0.15) is 0 Å². The van der Waals surface area contributed by atoms with Crippen molar-refractivity contribution < 1.29 is 19.0 Å². The molecular formula is C15H21FN2O3. The Morgan fingerprint density at radius 3 is 2.86 bits per heavy atom. The first-order chi connectivity index (χ1) is 10.1. The van der Waals surface area contributed by atoms with E-state index in [1.807, 2.05) is 0 Å². The van der Waals surface area contributed by atoms with Gasteiger partial charge in [-0.15, -0.1) is 0 Å². The highest BCUT2D eigenvalue weighted by molar-refractivity contribution is 5.74. The second kappa shape index (κ2) is 7.26. The number of aliphatic hydroxyl groups excluding tert-OH is 1. The summed E-state index contributed by atoms with van der Waals surface area (Å²) in [5.74, 6) is -0.246. The summed E-state index contributed by atoms with van der Waals surface area (Å²) in [4.78, 5) is 13.6. The van der Waals surface area contributed by atoms with Crippen LogP contribution in [0.3, 0.4) is 0 Å². The van der Waals surface area contributed by atoms with Crippen molar-refractivity contribution in [2.75, 3.05) is 19.7 Å². The molecular weight excluding hydrogens is 275 g/mol. The molecule has 1 fully saturated rings. The highest BCUT2D eigenvalue weighted by Gasteiger charge is 2.32. The molecule has 1 aliphatic rings. The maximum atomic E-state index is 13.4. The van der Waals surface area contributed by atoms with Gasteiger partial charge in [-0.3, -0.25) is 0 Å². The first-order valence-electron chi connectivity index (χ1n) is 7.18. The Balaban J connectivity index is 1.79. The molecule has 2 amide bonds. The van der Waals surface area contributed by atoms with Crippen molar-refractivity contribution in [1.29, 1.82) is 0 Å². The van der Waals surface area contributed by atoms with Crippen molar-refractivity contribution in [3.63, 3.8) is 0 Å². The molecule has 1 aliphatic carbocycles. The van der Waals surface area contributed by atoms with Crippen LogP contribution in [0.1, 0.15) is 19.8 Å². The van der Waals surface area contributed by atoms with Gasteiger partial charge in [0, 0.05) is 12.6 Å². The molecule has 5 nitrogen and oxygen atoms in total. The number of hydrogen-bond donors (Lipinski definition) is 2. The number of halogens is 1. The van der Waals surface area contributed by atoms with E-state index in [4.69, 9.17) is 9.84 Å². The lowest BCUT2D eigenvalue weighted by molar-refractivity contribution is 0.163. The van der Waals surface area contributed by atoms with Crippen molar-refractivity contribution in [3.8, 4) is 5.75 Å². The van der Waals surface area contributed by atoms with Crippen LogP contribution in [0.2, 0.25) is 0 Å². The number of carbonyl (C=O) groups excluding carboxylic acids is 1. The Kier molecular flexibility index (Phi) is 5.38. The van der Waals surface area contributed by atoms with E-state index in [1.165, 1.54) is 6.07 Å². The van der Waals surface area contributed by atoms with Crippen LogP contribution in [0.4, 0.5) is 9.18 Å². The van der Waals surface area contributed by atoms with Crippen LogP contribution in [0.15, 0.2) is 24.3 Å². The van der Waals surface area contributed by atoms with E-state index in [0.717, 1.165) is 12.8 Å². The summed E-state index contributed by atoms with van der Waals surface area (Å²) in [6.45, 7) is 2.33. The standard InChI is InChI=1S/C15H21FN2O3/c1-11(21-14-5-3-2-4-13(14)16)10-17-15(20)18(8-9-19)12-6-7-12/h2-5,11-12,19H,6-10H2,1H3,(H,17,20).